The number of carboxylic acids is 1. The number of carbonyl (C=O) groups is 2. The average Bonchev–Trinajstić information content (AvgIpc) is 3.31. The number of aromatic carboxylic acids is 1. The van der Waals surface area contributed by atoms with Gasteiger partial charge in [-0.05, 0) is 79.4 Å². The SMILES string of the molecule is Cc1cc(C(=O)O)cc(C)c1-c1cnc(O)c(-c2cnc(N3CC(F)C3)nc2CN2C(=O)O[C@H](c3cc(C(F)(F)F)cc(C(F)(F)F)c3)[C@@H]2C)c1. The molecule has 0 aliphatic carbocycles. The highest BCUT2D eigenvalue weighted by Crippen LogP contribution is 2.42. The molecule has 2 N–H and O–H groups in total. The van der Waals surface area contributed by atoms with E-state index in [2.05, 4.69) is 15.0 Å². The molecule has 0 radical (unpaired) electrons. The lowest BCUT2D eigenvalue weighted by Gasteiger charge is -2.34. The molecule has 6 rings (SSSR count). The fourth-order valence-electron chi connectivity index (χ4n) is 6.29. The van der Waals surface area contributed by atoms with Crippen molar-refractivity contribution in [3.63, 3.8) is 0 Å². The Kier molecular flexibility index (Phi) is 8.79. The van der Waals surface area contributed by atoms with Crippen LogP contribution in [0.15, 0.2) is 48.8 Å². The summed E-state index contributed by atoms with van der Waals surface area (Å²) in [5, 5.41) is 20.4. The number of aromatic nitrogens is 3. The molecule has 17 heteroatoms. The Morgan fingerprint density at radius 2 is 1.53 bits per heavy atom. The van der Waals surface area contributed by atoms with Gasteiger partial charge in [0.15, 0.2) is 0 Å². The van der Waals surface area contributed by atoms with Crippen molar-refractivity contribution >= 4 is 18.0 Å². The van der Waals surface area contributed by atoms with E-state index in [0.717, 1.165) is 4.90 Å². The van der Waals surface area contributed by atoms with Crippen LogP contribution in [0.3, 0.4) is 0 Å². The van der Waals surface area contributed by atoms with Gasteiger partial charge in [0.1, 0.15) is 12.3 Å². The van der Waals surface area contributed by atoms with E-state index in [1.807, 2.05) is 0 Å². The minimum atomic E-state index is -5.12. The van der Waals surface area contributed by atoms with E-state index in [-0.39, 0.29) is 47.5 Å². The van der Waals surface area contributed by atoms with Crippen molar-refractivity contribution in [1.29, 1.82) is 0 Å². The average molecular weight is 720 g/mol. The van der Waals surface area contributed by atoms with E-state index in [0.29, 0.717) is 34.4 Å². The Morgan fingerprint density at radius 1 is 0.922 bits per heavy atom. The number of ether oxygens (including phenoxy) is 1. The lowest BCUT2D eigenvalue weighted by atomic mass is 9.92. The molecule has 2 aromatic carbocycles. The van der Waals surface area contributed by atoms with E-state index < -0.39 is 71.8 Å². The Hall–Kier alpha value is -5.48. The molecule has 2 saturated heterocycles. The molecule has 2 aliphatic rings. The highest BCUT2D eigenvalue weighted by Gasteiger charge is 2.44. The molecule has 2 atom stereocenters. The van der Waals surface area contributed by atoms with Crippen LogP contribution in [0.4, 0.5) is 41.5 Å². The maximum atomic E-state index is 13.7. The standard InChI is InChI=1S/C34H28F7N5O5/c1-15-4-19(30(48)49)5-16(2)27(15)20-8-24(29(47)42-10-20)25-11-43-31(45-12-23(35)13-45)44-26(25)14-46-17(3)28(51-32(46)50)18-6-21(33(36,37)38)9-22(7-18)34(39,40)41/h4-11,17,23,28H,12-14H2,1-3H3,(H,42,47)(H,48,49)/t17-,28-/m0/s1. The second kappa shape index (κ2) is 12.7. The van der Waals surface area contributed by atoms with Gasteiger partial charge in [-0.25, -0.2) is 28.9 Å². The lowest BCUT2D eigenvalue weighted by Crippen LogP contribution is -2.49. The normalized spacial score (nSPS) is 18.2. The minimum absolute atomic E-state index is 0.0205. The van der Waals surface area contributed by atoms with Crippen LogP contribution in [0.2, 0.25) is 0 Å². The van der Waals surface area contributed by atoms with Crippen molar-refractivity contribution in [2.45, 2.75) is 58.0 Å². The van der Waals surface area contributed by atoms with Gasteiger partial charge in [-0.3, -0.25) is 4.90 Å². The third-order valence-corrected chi connectivity index (χ3v) is 8.85. The molecule has 0 spiro atoms. The van der Waals surface area contributed by atoms with E-state index in [1.54, 1.807) is 19.9 Å². The van der Waals surface area contributed by atoms with E-state index in [1.165, 1.54) is 36.4 Å². The molecule has 2 aromatic heterocycles. The topological polar surface area (TPSA) is 129 Å². The van der Waals surface area contributed by atoms with Gasteiger partial charge in [-0.2, -0.15) is 26.3 Å². The first kappa shape index (κ1) is 35.3. The van der Waals surface area contributed by atoms with Crippen LogP contribution in [0.5, 0.6) is 5.88 Å². The van der Waals surface area contributed by atoms with Gasteiger partial charge in [0.2, 0.25) is 11.8 Å². The van der Waals surface area contributed by atoms with Crippen molar-refractivity contribution in [3.05, 3.63) is 87.9 Å². The second-order valence-corrected chi connectivity index (χ2v) is 12.4. The van der Waals surface area contributed by atoms with Crippen LogP contribution >= 0.6 is 0 Å². The molecule has 10 nitrogen and oxygen atoms in total. The Balaban J connectivity index is 1.41. The molecular formula is C34H28F7N5O5. The Bertz CT molecular complexity index is 1990. The summed E-state index contributed by atoms with van der Waals surface area (Å²) in [6.07, 6.45) is -11.3. The van der Waals surface area contributed by atoms with Gasteiger partial charge >= 0.3 is 24.4 Å². The van der Waals surface area contributed by atoms with Crippen molar-refractivity contribution in [2.75, 3.05) is 18.0 Å². The summed E-state index contributed by atoms with van der Waals surface area (Å²) < 4.78 is 101. The third kappa shape index (κ3) is 6.83. The number of nitrogens with zero attached hydrogens (tertiary/aromatic N) is 5. The third-order valence-electron chi connectivity index (χ3n) is 8.85. The number of benzene rings is 2. The van der Waals surface area contributed by atoms with Crippen molar-refractivity contribution < 1.29 is 55.3 Å². The number of carboxylic acid groups (broad SMARTS) is 1. The zero-order valence-corrected chi connectivity index (χ0v) is 27.0. The fraction of sp³-hybridized carbons (Fsp3) is 0.324. The van der Waals surface area contributed by atoms with Crippen LogP contribution in [0.25, 0.3) is 22.3 Å². The summed E-state index contributed by atoms with van der Waals surface area (Å²) in [7, 11) is 0. The van der Waals surface area contributed by atoms with Gasteiger partial charge in [0.05, 0.1) is 48.1 Å². The van der Waals surface area contributed by atoms with Gasteiger partial charge in [0, 0.05) is 29.1 Å². The second-order valence-electron chi connectivity index (χ2n) is 12.4. The summed E-state index contributed by atoms with van der Waals surface area (Å²) in [5.41, 5.74) is -0.964. The lowest BCUT2D eigenvalue weighted by molar-refractivity contribution is -0.143. The van der Waals surface area contributed by atoms with Crippen molar-refractivity contribution in [3.8, 4) is 28.1 Å². The molecule has 1 amide bonds. The smallest absolute Gasteiger partial charge is 0.416 e. The summed E-state index contributed by atoms with van der Waals surface area (Å²) >= 11 is 0. The Morgan fingerprint density at radius 3 is 2.08 bits per heavy atom. The number of amides is 1. The highest BCUT2D eigenvalue weighted by molar-refractivity contribution is 5.90. The fourth-order valence-corrected chi connectivity index (χ4v) is 6.29. The molecular weight excluding hydrogens is 691 g/mol. The summed E-state index contributed by atoms with van der Waals surface area (Å²) in [6.45, 7) is 4.35. The zero-order chi connectivity index (χ0) is 37.2. The first-order valence-corrected chi connectivity index (χ1v) is 15.4. The maximum Gasteiger partial charge on any atom is 0.416 e. The number of rotatable bonds is 7. The van der Waals surface area contributed by atoms with Gasteiger partial charge in [-0.15, -0.1) is 0 Å². The Labute approximate surface area is 285 Å². The molecule has 268 valence electrons. The van der Waals surface area contributed by atoms with Crippen molar-refractivity contribution in [2.24, 2.45) is 0 Å². The van der Waals surface area contributed by atoms with Gasteiger partial charge in [0.25, 0.3) is 0 Å². The van der Waals surface area contributed by atoms with Crippen LogP contribution < -0.4 is 4.90 Å². The number of anilines is 1. The summed E-state index contributed by atoms with van der Waals surface area (Å²) in [4.78, 5) is 40.3. The number of hydrogen-bond donors (Lipinski definition) is 2. The minimum Gasteiger partial charge on any atom is -0.493 e. The van der Waals surface area contributed by atoms with E-state index in [9.17, 15) is 50.5 Å². The van der Waals surface area contributed by atoms with E-state index >= 15 is 0 Å². The van der Waals surface area contributed by atoms with Crippen LogP contribution in [0.1, 0.15) is 56.9 Å². The predicted molar refractivity (Wildman–Crippen MR) is 167 cm³/mol. The molecule has 51 heavy (non-hydrogen) atoms. The largest absolute Gasteiger partial charge is 0.493 e. The van der Waals surface area contributed by atoms with E-state index in [4.69, 9.17) is 4.74 Å². The van der Waals surface area contributed by atoms with Crippen LogP contribution in [0, 0.1) is 13.8 Å². The number of cyclic esters (lactones) is 1. The number of aromatic hydroxyl groups is 1. The number of carbonyl (C=O) groups excluding carboxylic acids is 1. The van der Waals surface area contributed by atoms with Crippen LogP contribution in [-0.2, 0) is 23.6 Å². The molecule has 2 fully saturated rings. The number of alkyl halides is 7. The van der Waals surface area contributed by atoms with Gasteiger partial charge < -0.3 is 19.8 Å². The molecule has 2 aliphatic heterocycles. The van der Waals surface area contributed by atoms with Gasteiger partial charge in [-0.1, -0.05) is 0 Å². The highest BCUT2D eigenvalue weighted by atomic mass is 19.4. The predicted octanol–water partition coefficient (Wildman–Crippen LogP) is 7.50. The quantitative estimate of drug-likeness (QED) is 0.187. The number of pyridine rings is 1. The molecule has 4 aromatic rings. The zero-order valence-electron chi connectivity index (χ0n) is 27.0. The number of halogens is 7. The summed E-state index contributed by atoms with van der Waals surface area (Å²) in [6, 6.07) is 4.38. The molecule has 0 saturated carbocycles. The first-order valence-electron chi connectivity index (χ1n) is 15.4. The molecule has 0 bridgehead atoms. The van der Waals surface area contributed by atoms with Crippen LogP contribution in [-0.4, -0.2) is 67.4 Å². The molecule has 4 heterocycles. The summed E-state index contributed by atoms with van der Waals surface area (Å²) in [5.74, 6) is -1.52. The monoisotopic (exact) mass is 719 g/mol. The maximum absolute atomic E-state index is 13.7. The number of aryl methyl sites for hydroxylation is 2. The number of hydrogen-bond acceptors (Lipinski definition) is 8. The first-order chi connectivity index (χ1) is 23.8. The molecule has 0 unspecified atom stereocenters. The van der Waals surface area contributed by atoms with Crippen molar-refractivity contribution in [1.82, 2.24) is 19.9 Å².